The third-order valence-electron chi connectivity index (χ3n) is 4.72. The molecule has 0 spiro atoms. The summed E-state index contributed by atoms with van der Waals surface area (Å²) < 4.78 is 18.5. The van der Waals surface area contributed by atoms with Crippen molar-refractivity contribution in [3.05, 3.63) is 59.4 Å². The molecule has 1 N–H and O–H groups in total. The first-order valence-corrected chi connectivity index (χ1v) is 9.09. The van der Waals surface area contributed by atoms with Gasteiger partial charge in [0.15, 0.2) is 0 Å². The smallest absolute Gasteiger partial charge is 0.337 e. The second kappa shape index (κ2) is 8.66. The predicted molar refractivity (Wildman–Crippen MR) is 103 cm³/mol. The van der Waals surface area contributed by atoms with E-state index in [0.29, 0.717) is 23.2 Å². The Balaban J connectivity index is 1.75. The van der Waals surface area contributed by atoms with E-state index in [4.69, 9.17) is 4.74 Å². The zero-order chi connectivity index (χ0) is 19.2. The number of nitrogens with one attached hydrogen (secondary N) is 1. The van der Waals surface area contributed by atoms with Crippen molar-refractivity contribution in [2.45, 2.75) is 25.7 Å². The van der Waals surface area contributed by atoms with E-state index >= 15 is 0 Å². The van der Waals surface area contributed by atoms with Crippen LogP contribution in [0.1, 0.15) is 35.2 Å². The van der Waals surface area contributed by atoms with Crippen LogP contribution < -0.4 is 10.2 Å². The standard InChI is InChI=1S/C21H23FN2O3/c1-27-21(26)16-8-10-19(24-12-4-5-13-24)18(14-16)23-20(25)11-9-15-6-2-3-7-17(15)22/h2-3,6-8,10,14H,4-5,9,11-13H2,1H3,(H,23,25). The van der Waals surface area contributed by atoms with Gasteiger partial charge in [0.25, 0.3) is 0 Å². The molecule has 0 aliphatic carbocycles. The van der Waals surface area contributed by atoms with Gasteiger partial charge in [-0.15, -0.1) is 0 Å². The highest BCUT2D eigenvalue weighted by atomic mass is 19.1. The molecule has 0 saturated carbocycles. The lowest BCUT2D eigenvalue weighted by Crippen LogP contribution is -2.22. The molecule has 1 fully saturated rings. The summed E-state index contributed by atoms with van der Waals surface area (Å²) >= 11 is 0. The number of methoxy groups -OCH3 is 1. The van der Waals surface area contributed by atoms with Crippen LogP contribution in [0.4, 0.5) is 15.8 Å². The number of amides is 1. The monoisotopic (exact) mass is 370 g/mol. The summed E-state index contributed by atoms with van der Waals surface area (Å²) in [4.78, 5) is 26.5. The molecule has 1 amide bonds. The number of ether oxygens (including phenoxy) is 1. The van der Waals surface area contributed by atoms with Gasteiger partial charge < -0.3 is 15.0 Å². The molecule has 0 aromatic heterocycles. The summed E-state index contributed by atoms with van der Waals surface area (Å²) in [6.07, 6.45) is 2.66. The highest BCUT2D eigenvalue weighted by Crippen LogP contribution is 2.30. The Kier molecular flexibility index (Phi) is 6.06. The molecule has 1 saturated heterocycles. The number of nitrogens with zero attached hydrogens (tertiary/aromatic N) is 1. The molecule has 2 aromatic carbocycles. The minimum absolute atomic E-state index is 0.156. The van der Waals surface area contributed by atoms with Gasteiger partial charge >= 0.3 is 5.97 Å². The molecule has 1 aliphatic rings. The normalized spacial score (nSPS) is 13.5. The first-order chi connectivity index (χ1) is 13.1. The van der Waals surface area contributed by atoms with Crippen LogP contribution in [0.25, 0.3) is 0 Å². The Labute approximate surface area is 158 Å². The number of benzene rings is 2. The summed E-state index contributed by atoms with van der Waals surface area (Å²) in [6, 6.07) is 11.6. The number of esters is 1. The Morgan fingerprint density at radius 2 is 1.89 bits per heavy atom. The fourth-order valence-corrected chi connectivity index (χ4v) is 3.28. The number of halogens is 1. The third-order valence-corrected chi connectivity index (χ3v) is 4.72. The van der Waals surface area contributed by atoms with Gasteiger partial charge in [-0.05, 0) is 49.1 Å². The SMILES string of the molecule is COC(=O)c1ccc(N2CCCC2)c(NC(=O)CCc2ccccc2F)c1. The summed E-state index contributed by atoms with van der Waals surface area (Å²) in [6.45, 7) is 1.82. The number of aryl methyl sites for hydroxylation is 1. The zero-order valence-corrected chi connectivity index (χ0v) is 15.3. The molecule has 1 heterocycles. The average Bonchev–Trinajstić information content (AvgIpc) is 3.21. The average molecular weight is 370 g/mol. The molecule has 2 aromatic rings. The van der Waals surface area contributed by atoms with E-state index in [2.05, 4.69) is 10.2 Å². The van der Waals surface area contributed by atoms with Crippen molar-refractivity contribution < 1.29 is 18.7 Å². The van der Waals surface area contributed by atoms with Gasteiger partial charge in [-0.3, -0.25) is 4.79 Å². The van der Waals surface area contributed by atoms with Crippen LogP contribution in [-0.4, -0.2) is 32.1 Å². The van der Waals surface area contributed by atoms with Crippen LogP contribution in [0.5, 0.6) is 0 Å². The zero-order valence-electron chi connectivity index (χ0n) is 15.3. The van der Waals surface area contributed by atoms with Crippen LogP contribution in [0.15, 0.2) is 42.5 Å². The largest absolute Gasteiger partial charge is 0.465 e. The number of hydrogen-bond acceptors (Lipinski definition) is 4. The quantitative estimate of drug-likeness (QED) is 0.786. The molecule has 3 rings (SSSR count). The minimum atomic E-state index is -0.454. The van der Waals surface area contributed by atoms with Gasteiger partial charge in [0, 0.05) is 19.5 Å². The topological polar surface area (TPSA) is 58.6 Å². The molecular formula is C21H23FN2O3. The third kappa shape index (κ3) is 4.64. The van der Waals surface area contributed by atoms with Gasteiger partial charge in [0.05, 0.1) is 24.0 Å². The van der Waals surface area contributed by atoms with Crippen LogP contribution in [-0.2, 0) is 16.0 Å². The van der Waals surface area contributed by atoms with E-state index in [0.717, 1.165) is 31.6 Å². The molecule has 1 aliphatic heterocycles. The van der Waals surface area contributed by atoms with Gasteiger partial charge in [0.1, 0.15) is 5.82 Å². The lowest BCUT2D eigenvalue weighted by atomic mass is 10.1. The molecule has 27 heavy (non-hydrogen) atoms. The van der Waals surface area contributed by atoms with E-state index in [1.807, 2.05) is 6.07 Å². The van der Waals surface area contributed by atoms with E-state index in [1.165, 1.54) is 13.2 Å². The fourth-order valence-electron chi connectivity index (χ4n) is 3.28. The Morgan fingerprint density at radius 1 is 1.15 bits per heavy atom. The van der Waals surface area contributed by atoms with Crippen LogP contribution in [0.2, 0.25) is 0 Å². The van der Waals surface area contributed by atoms with Crippen molar-refractivity contribution in [1.29, 1.82) is 0 Å². The first kappa shape index (κ1) is 18.9. The van der Waals surface area contributed by atoms with E-state index < -0.39 is 5.97 Å². The van der Waals surface area contributed by atoms with Crippen molar-refractivity contribution in [3.63, 3.8) is 0 Å². The molecule has 0 atom stereocenters. The molecule has 0 radical (unpaired) electrons. The van der Waals surface area contributed by atoms with Crippen LogP contribution >= 0.6 is 0 Å². The van der Waals surface area contributed by atoms with Crippen molar-refractivity contribution >= 4 is 23.3 Å². The number of rotatable bonds is 6. The predicted octanol–water partition coefficient (Wildman–Crippen LogP) is 3.78. The van der Waals surface area contributed by atoms with Gasteiger partial charge in [-0.1, -0.05) is 18.2 Å². The lowest BCUT2D eigenvalue weighted by molar-refractivity contribution is -0.116. The Bertz CT molecular complexity index is 832. The van der Waals surface area contributed by atoms with Crippen molar-refractivity contribution in [3.8, 4) is 0 Å². The number of hydrogen-bond donors (Lipinski definition) is 1. The highest BCUT2D eigenvalue weighted by molar-refractivity contribution is 5.98. The second-order valence-electron chi connectivity index (χ2n) is 6.56. The number of carbonyl (C=O) groups is 2. The van der Waals surface area contributed by atoms with Gasteiger partial charge in [-0.25, -0.2) is 9.18 Å². The maximum absolute atomic E-state index is 13.7. The lowest BCUT2D eigenvalue weighted by Gasteiger charge is -2.22. The Morgan fingerprint density at radius 3 is 2.59 bits per heavy atom. The first-order valence-electron chi connectivity index (χ1n) is 9.09. The maximum Gasteiger partial charge on any atom is 0.337 e. The maximum atomic E-state index is 13.7. The fraction of sp³-hybridized carbons (Fsp3) is 0.333. The van der Waals surface area contributed by atoms with Gasteiger partial charge in [-0.2, -0.15) is 0 Å². The highest BCUT2D eigenvalue weighted by Gasteiger charge is 2.19. The minimum Gasteiger partial charge on any atom is -0.465 e. The molecule has 142 valence electrons. The van der Waals surface area contributed by atoms with Crippen LogP contribution in [0.3, 0.4) is 0 Å². The van der Waals surface area contributed by atoms with Crippen LogP contribution in [0, 0.1) is 5.82 Å². The van der Waals surface area contributed by atoms with Crippen molar-refractivity contribution in [2.75, 3.05) is 30.4 Å². The van der Waals surface area contributed by atoms with E-state index in [1.54, 1.807) is 30.3 Å². The van der Waals surface area contributed by atoms with Crippen molar-refractivity contribution in [1.82, 2.24) is 0 Å². The van der Waals surface area contributed by atoms with Crippen molar-refractivity contribution in [2.24, 2.45) is 0 Å². The summed E-state index contributed by atoms with van der Waals surface area (Å²) in [5.41, 5.74) is 2.36. The molecule has 6 heteroatoms. The number of anilines is 2. The van der Waals surface area contributed by atoms with E-state index in [-0.39, 0.29) is 18.1 Å². The molecule has 5 nitrogen and oxygen atoms in total. The summed E-state index contributed by atoms with van der Waals surface area (Å²) in [7, 11) is 1.32. The summed E-state index contributed by atoms with van der Waals surface area (Å²) in [5.74, 6) is -0.985. The molecular weight excluding hydrogens is 347 g/mol. The molecule has 0 bridgehead atoms. The molecule has 0 unspecified atom stereocenters. The van der Waals surface area contributed by atoms with Gasteiger partial charge in [0.2, 0.25) is 5.91 Å². The summed E-state index contributed by atoms with van der Waals surface area (Å²) in [5, 5.41) is 2.89. The second-order valence-corrected chi connectivity index (χ2v) is 6.56. The Hall–Kier alpha value is -2.89. The van der Waals surface area contributed by atoms with E-state index in [9.17, 15) is 14.0 Å². The number of carbonyl (C=O) groups excluding carboxylic acids is 2.